The van der Waals surface area contributed by atoms with Crippen LogP contribution in [0.25, 0.3) is 0 Å². The molecule has 1 N–H and O–H groups in total. The standard InChI is InChI=1S/C10H14N2O2/c1-4-8-11-6-5-7(12-8)10(2,3)9(13)14/h5-6H,4H2,1-3H3,(H,13,14). The Bertz CT molecular complexity index is 348. The van der Waals surface area contributed by atoms with Gasteiger partial charge in [0.25, 0.3) is 0 Å². The van der Waals surface area contributed by atoms with Crippen molar-refractivity contribution in [1.29, 1.82) is 0 Å². The van der Waals surface area contributed by atoms with Gasteiger partial charge in [0.2, 0.25) is 0 Å². The summed E-state index contributed by atoms with van der Waals surface area (Å²) in [6.07, 6.45) is 2.31. The summed E-state index contributed by atoms with van der Waals surface area (Å²) < 4.78 is 0. The maximum Gasteiger partial charge on any atom is 0.315 e. The first-order valence-corrected chi connectivity index (χ1v) is 4.54. The van der Waals surface area contributed by atoms with E-state index in [0.29, 0.717) is 17.9 Å². The van der Waals surface area contributed by atoms with Crippen LogP contribution in [0, 0.1) is 0 Å². The van der Waals surface area contributed by atoms with E-state index in [-0.39, 0.29) is 0 Å². The van der Waals surface area contributed by atoms with E-state index in [4.69, 9.17) is 5.11 Å². The van der Waals surface area contributed by atoms with Crippen LogP contribution in [0.4, 0.5) is 0 Å². The van der Waals surface area contributed by atoms with E-state index < -0.39 is 11.4 Å². The zero-order valence-corrected chi connectivity index (χ0v) is 8.61. The number of carbonyl (C=O) groups is 1. The number of aromatic nitrogens is 2. The van der Waals surface area contributed by atoms with E-state index >= 15 is 0 Å². The van der Waals surface area contributed by atoms with Gasteiger partial charge in [-0.05, 0) is 19.9 Å². The second-order valence-electron chi connectivity index (χ2n) is 3.64. The summed E-state index contributed by atoms with van der Waals surface area (Å²) in [6.45, 7) is 5.21. The number of hydrogen-bond acceptors (Lipinski definition) is 3. The van der Waals surface area contributed by atoms with Crippen molar-refractivity contribution in [1.82, 2.24) is 9.97 Å². The highest BCUT2D eigenvalue weighted by Crippen LogP contribution is 2.20. The summed E-state index contributed by atoms with van der Waals surface area (Å²) in [4.78, 5) is 19.2. The molecule has 4 nitrogen and oxygen atoms in total. The minimum atomic E-state index is -0.952. The number of hydrogen-bond donors (Lipinski definition) is 1. The molecule has 0 aliphatic carbocycles. The van der Waals surface area contributed by atoms with E-state index in [1.807, 2.05) is 6.92 Å². The van der Waals surface area contributed by atoms with Gasteiger partial charge in [-0.25, -0.2) is 9.97 Å². The van der Waals surface area contributed by atoms with Crippen molar-refractivity contribution in [2.45, 2.75) is 32.6 Å². The van der Waals surface area contributed by atoms with Crippen molar-refractivity contribution in [2.75, 3.05) is 0 Å². The summed E-state index contributed by atoms with van der Waals surface area (Å²) in [7, 11) is 0. The van der Waals surface area contributed by atoms with Gasteiger partial charge in [0.15, 0.2) is 0 Å². The van der Waals surface area contributed by atoms with Gasteiger partial charge in [0.1, 0.15) is 11.2 Å². The van der Waals surface area contributed by atoms with Gasteiger partial charge < -0.3 is 5.11 Å². The van der Waals surface area contributed by atoms with E-state index in [1.54, 1.807) is 26.1 Å². The highest BCUT2D eigenvalue weighted by atomic mass is 16.4. The Kier molecular flexibility index (Phi) is 2.84. The van der Waals surface area contributed by atoms with Crippen LogP contribution >= 0.6 is 0 Å². The molecule has 0 saturated heterocycles. The number of carboxylic acid groups (broad SMARTS) is 1. The third kappa shape index (κ3) is 1.89. The molecule has 76 valence electrons. The molecule has 0 aliphatic heterocycles. The maximum absolute atomic E-state index is 11.0. The highest BCUT2D eigenvalue weighted by Gasteiger charge is 2.31. The molecule has 4 heteroatoms. The van der Waals surface area contributed by atoms with Gasteiger partial charge in [-0.15, -0.1) is 0 Å². The molecule has 0 amide bonds. The van der Waals surface area contributed by atoms with Gasteiger partial charge in [-0.1, -0.05) is 6.92 Å². The lowest BCUT2D eigenvalue weighted by molar-refractivity contribution is -0.142. The normalized spacial score (nSPS) is 11.4. The molecule has 0 atom stereocenters. The molecule has 0 spiro atoms. The van der Waals surface area contributed by atoms with Crippen LogP contribution in [0.3, 0.4) is 0 Å². The Morgan fingerprint density at radius 1 is 1.57 bits per heavy atom. The van der Waals surface area contributed by atoms with E-state index in [1.165, 1.54) is 0 Å². The quantitative estimate of drug-likeness (QED) is 0.790. The van der Waals surface area contributed by atoms with Crippen LogP contribution in [-0.4, -0.2) is 21.0 Å². The molecule has 14 heavy (non-hydrogen) atoms. The van der Waals surface area contributed by atoms with Crippen molar-refractivity contribution in [3.05, 3.63) is 23.8 Å². The average molecular weight is 194 g/mol. The lowest BCUT2D eigenvalue weighted by atomic mass is 9.89. The molecular weight excluding hydrogens is 180 g/mol. The molecule has 0 aromatic carbocycles. The van der Waals surface area contributed by atoms with Crippen LogP contribution < -0.4 is 0 Å². The summed E-state index contributed by atoms with van der Waals surface area (Å²) in [5.41, 5.74) is -0.399. The van der Waals surface area contributed by atoms with Crippen LogP contribution in [0.2, 0.25) is 0 Å². The molecule has 0 bridgehead atoms. The van der Waals surface area contributed by atoms with Crippen molar-refractivity contribution < 1.29 is 9.90 Å². The Labute approximate surface area is 83.0 Å². The monoisotopic (exact) mass is 194 g/mol. The maximum atomic E-state index is 11.0. The van der Waals surface area contributed by atoms with E-state index in [9.17, 15) is 4.79 Å². The zero-order valence-electron chi connectivity index (χ0n) is 8.61. The largest absolute Gasteiger partial charge is 0.481 e. The fraction of sp³-hybridized carbons (Fsp3) is 0.500. The summed E-state index contributed by atoms with van der Waals surface area (Å²) in [5.74, 6) is -0.199. The van der Waals surface area contributed by atoms with Crippen molar-refractivity contribution in [2.24, 2.45) is 0 Å². The van der Waals surface area contributed by atoms with Gasteiger partial charge in [0.05, 0.1) is 5.69 Å². The van der Waals surface area contributed by atoms with Crippen LogP contribution in [0.5, 0.6) is 0 Å². The first kappa shape index (κ1) is 10.6. The molecule has 1 aromatic heterocycles. The predicted molar refractivity (Wildman–Crippen MR) is 52.1 cm³/mol. The summed E-state index contributed by atoms with van der Waals surface area (Å²) >= 11 is 0. The lowest BCUT2D eigenvalue weighted by Gasteiger charge is -2.18. The lowest BCUT2D eigenvalue weighted by Crippen LogP contribution is -2.30. The molecule has 0 saturated carbocycles. The van der Waals surface area contributed by atoms with Crippen molar-refractivity contribution >= 4 is 5.97 Å². The third-order valence-electron chi connectivity index (χ3n) is 2.20. The highest BCUT2D eigenvalue weighted by molar-refractivity contribution is 5.79. The zero-order chi connectivity index (χ0) is 10.8. The van der Waals surface area contributed by atoms with Gasteiger partial charge in [0, 0.05) is 12.6 Å². The minimum absolute atomic E-state index is 0.553. The second kappa shape index (κ2) is 3.74. The number of aliphatic carboxylic acids is 1. The van der Waals surface area contributed by atoms with Crippen LogP contribution in [0.15, 0.2) is 12.3 Å². The van der Waals surface area contributed by atoms with Gasteiger partial charge >= 0.3 is 5.97 Å². The molecule has 0 aliphatic rings. The van der Waals surface area contributed by atoms with E-state index in [0.717, 1.165) is 0 Å². The third-order valence-corrected chi connectivity index (χ3v) is 2.20. The molecule has 1 aromatic rings. The molecule has 1 heterocycles. The fourth-order valence-corrected chi connectivity index (χ4v) is 1.03. The van der Waals surface area contributed by atoms with E-state index in [2.05, 4.69) is 9.97 Å². The fourth-order valence-electron chi connectivity index (χ4n) is 1.03. The number of aryl methyl sites for hydroxylation is 1. The minimum Gasteiger partial charge on any atom is -0.481 e. The average Bonchev–Trinajstić information content (AvgIpc) is 2.17. The first-order chi connectivity index (χ1) is 6.48. The summed E-state index contributed by atoms with van der Waals surface area (Å²) in [5, 5.41) is 9.00. The van der Waals surface area contributed by atoms with Gasteiger partial charge in [-0.2, -0.15) is 0 Å². The molecule has 0 fully saturated rings. The topological polar surface area (TPSA) is 63.1 Å². The summed E-state index contributed by atoms with van der Waals surface area (Å²) in [6, 6.07) is 1.65. The number of nitrogens with zero attached hydrogens (tertiary/aromatic N) is 2. The van der Waals surface area contributed by atoms with Crippen molar-refractivity contribution in [3.8, 4) is 0 Å². The molecule has 0 unspecified atom stereocenters. The van der Waals surface area contributed by atoms with Crippen LogP contribution in [-0.2, 0) is 16.6 Å². The Morgan fingerprint density at radius 2 is 2.21 bits per heavy atom. The molecule has 0 radical (unpaired) electrons. The number of rotatable bonds is 3. The Balaban J connectivity index is 3.12. The smallest absolute Gasteiger partial charge is 0.315 e. The predicted octanol–water partition coefficient (Wildman–Crippen LogP) is 1.40. The molecular formula is C10H14N2O2. The van der Waals surface area contributed by atoms with Crippen LogP contribution in [0.1, 0.15) is 32.3 Å². The number of carboxylic acids is 1. The first-order valence-electron chi connectivity index (χ1n) is 4.54. The SMILES string of the molecule is CCc1nccc(C(C)(C)C(=O)O)n1. The van der Waals surface area contributed by atoms with Crippen molar-refractivity contribution in [3.63, 3.8) is 0 Å². The Morgan fingerprint density at radius 3 is 2.71 bits per heavy atom. The second-order valence-corrected chi connectivity index (χ2v) is 3.64. The Hall–Kier alpha value is -1.45. The van der Waals surface area contributed by atoms with Gasteiger partial charge in [-0.3, -0.25) is 4.79 Å². The molecule has 1 rings (SSSR count).